The van der Waals surface area contributed by atoms with Crippen LogP contribution in [0.15, 0.2) is 84.9 Å². The van der Waals surface area contributed by atoms with Crippen molar-refractivity contribution in [3.05, 3.63) is 113 Å². The van der Waals surface area contributed by atoms with Crippen molar-refractivity contribution in [3.63, 3.8) is 0 Å². The standard InChI is InChI=1S/C24H25N/c1-19-7-5-8-20(17-19)9-6-12-24(22-10-3-2-4-11-22)23-15-13-21(18-25)14-16-23/h2-11,13-17,24H,12,18,25H2,1H3. The molecule has 1 nitrogen and oxygen atoms in total. The highest BCUT2D eigenvalue weighted by Crippen LogP contribution is 2.29. The highest BCUT2D eigenvalue weighted by atomic mass is 14.5. The van der Waals surface area contributed by atoms with Gasteiger partial charge in [0.25, 0.3) is 0 Å². The Morgan fingerprint density at radius 2 is 1.56 bits per heavy atom. The number of benzene rings is 3. The zero-order chi connectivity index (χ0) is 17.5. The maximum absolute atomic E-state index is 5.73. The molecule has 1 heteroatoms. The molecule has 3 aromatic carbocycles. The summed E-state index contributed by atoms with van der Waals surface area (Å²) in [5.74, 6) is 0.356. The topological polar surface area (TPSA) is 26.0 Å². The molecule has 126 valence electrons. The van der Waals surface area contributed by atoms with E-state index in [1.54, 1.807) is 0 Å². The van der Waals surface area contributed by atoms with E-state index >= 15 is 0 Å². The second kappa shape index (κ2) is 8.46. The summed E-state index contributed by atoms with van der Waals surface area (Å²) in [4.78, 5) is 0. The fraction of sp³-hybridized carbons (Fsp3) is 0.167. The largest absolute Gasteiger partial charge is 0.326 e. The minimum absolute atomic E-state index is 0.356. The summed E-state index contributed by atoms with van der Waals surface area (Å²) >= 11 is 0. The summed E-state index contributed by atoms with van der Waals surface area (Å²) in [5, 5.41) is 0. The van der Waals surface area contributed by atoms with Crippen LogP contribution in [-0.2, 0) is 6.54 Å². The van der Waals surface area contributed by atoms with E-state index in [1.165, 1.54) is 27.8 Å². The SMILES string of the molecule is Cc1cccc(C=CCC(c2ccccc2)c2ccc(CN)cc2)c1. The molecule has 0 aliphatic heterocycles. The summed E-state index contributed by atoms with van der Waals surface area (Å²) < 4.78 is 0. The van der Waals surface area contributed by atoms with Gasteiger partial charge in [0.2, 0.25) is 0 Å². The molecule has 0 fully saturated rings. The van der Waals surface area contributed by atoms with Crippen LogP contribution in [0, 0.1) is 6.92 Å². The van der Waals surface area contributed by atoms with Crippen molar-refractivity contribution in [2.75, 3.05) is 0 Å². The smallest absolute Gasteiger partial charge is 0.0178 e. The lowest BCUT2D eigenvalue weighted by atomic mass is 9.88. The molecule has 0 aliphatic carbocycles. The van der Waals surface area contributed by atoms with Gasteiger partial charge >= 0.3 is 0 Å². The Morgan fingerprint density at radius 3 is 2.24 bits per heavy atom. The van der Waals surface area contributed by atoms with Gasteiger partial charge in [0, 0.05) is 12.5 Å². The minimum Gasteiger partial charge on any atom is -0.326 e. The average molecular weight is 327 g/mol. The fourth-order valence-corrected chi connectivity index (χ4v) is 3.15. The van der Waals surface area contributed by atoms with Gasteiger partial charge in [0.1, 0.15) is 0 Å². The number of allylic oxidation sites excluding steroid dienone is 1. The van der Waals surface area contributed by atoms with Gasteiger partial charge in [-0.3, -0.25) is 0 Å². The lowest BCUT2D eigenvalue weighted by Crippen LogP contribution is -2.01. The van der Waals surface area contributed by atoms with Gasteiger partial charge in [0.15, 0.2) is 0 Å². The molecule has 0 amide bonds. The third-order valence-corrected chi connectivity index (χ3v) is 4.54. The zero-order valence-electron chi connectivity index (χ0n) is 14.7. The third kappa shape index (κ3) is 4.68. The maximum atomic E-state index is 5.73. The lowest BCUT2D eigenvalue weighted by molar-refractivity contribution is 0.830. The van der Waals surface area contributed by atoms with E-state index in [4.69, 9.17) is 5.73 Å². The molecule has 25 heavy (non-hydrogen) atoms. The van der Waals surface area contributed by atoms with Crippen LogP contribution >= 0.6 is 0 Å². The monoisotopic (exact) mass is 327 g/mol. The molecule has 0 radical (unpaired) electrons. The van der Waals surface area contributed by atoms with Gasteiger partial charge in [0.05, 0.1) is 0 Å². The molecular weight excluding hydrogens is 302 g/mol. The number of rotatable bonds is 6. The molecule has 0 saturated heterocycles. The van der Waals surface area contributed by atoms with Crippen LogP contribution in [0.2, 0.25) is 0 Å². The van der Waals surface area contributed by atoms with Crippen LogP contribution in [0.25, 0.3) is 6.08 Å². The van der Waals surface area contributed by atoms with E-state index in [-0.39, 0.29) is 0 Å². The second-order valence-corrected chi connectivity index (χ2v) is 6.46. The van der Waals surface area contributed by atoms with E-state index < -0.39 is 0 Å². The second-order valence-electron chi connectivity index (χ2n) is 6.46. The van der Waals surface area contributed by atoms with Crippen molar-refractivity contribution >= 4 is 6.08 Å². The van der Waals surface area contributed by atoms with Gasteiger partial charge in [-0.2, -0.15) is 0 Å². The Hall–Kier alpha value is -2.64. The predicted molar refractivity (Wildman–Crippen MR) is 107 cm³/mol. The molecule has 1 unspecified atom stereocenters. The molecule has 3 rings (SSSR count). The zero-order valence-corrected chi connectivity index (χ0v) is 14.7. The van der Waals surface area contributed by atoms with Crippen LogP contribution in [-0.4, -0.2) is 0 Å². The normalized spacial score (nSPS) is 12.4. The van der Waals surface area contributed by atoms with Gasteiger partial charge in [-0.1, -0.05) is 96.6 Å². The summed E-state index contributed by atoms with van der Waals surface area (Å²) in [6.07, 6.45) is 5.47. The number of nitrogens with two attached hydrogens (primary N) is 1. The number of aryl methyl sites for hydroxylation is 1. The molecule has 1 atom stereocenters. The molecule has 0 aliphatic rings. The van der Waals surface area contributed by atoms with E-state index in [0.717, 1.165) is 6.42 Å². The number of hydrogen-bond acceptors (Lipinski definition) is 1. The maximum Gasteiger partial charge on any atom is 0.0178 e. The van der Waals surface area contributed by atoms with Crippen molar-refractivity contribution in [3.8, 4) is 0 Å². The van der Waals surface area contributed by atoms with Crippen molar-refractivity contribution in [2.45, 2.75) is 25.8 Å². The molecule has 2 N–H and O–H groups in total. The van der Waals surface area contributed by atoms with Crippen LogP contribution in [0.3, 0.4) is 0 Å². The highest BCUT2D eigenvalue weighted by Gasteiger charge is 2.12. The molecule has 0 heterocycles. The van der Waals surface area contributed by atoms with Crippen molar-refractivity contribution in [1.29, 1.82) is 0 Å². The van der Waals surface area contributed by atoms with Crippen LogP contribution in [0.5, 0.6) is 0 Å². The first-order chi connectivity index (χ1) is 12.3. The first-order valence-corrected chi connectivity index (χ1v) is 8.83. The predicted octanol–water partition coefficient (Wildman–Crippen LogP) is 5.69. The molecule has 0 bridgehead atoms. The Labute approximate surface area is 150 Å². The molecular formula is C24H25N. The lowest BCUT2D eigenvalue weighted by Gasteiger charge is -2.17. The Bertz CT molecular complexity index is 816. The van der Waals surface area contributed by atoms with Crippen molar-refractivity contribution in [2.24, 2.45) is 5.73 Å². The van der Waals surface area contributed by atoms with Gasteiger partial charge in [-0.05, 0) is 35.6 Å². The van der Waals surface area contributed by atoms with E-state index in [2.05, 4.69) is 97.9 Å². The van der Waals surface area contributed by atoms with Gasteiger partial charge in [-0.15, -0.1) is 0 Å². The van der Waals surface area contributed by atoms with Crippen LogP contribution < -0.4 is 5.73 Å². The van der Waals surface area contributed by atoms with Crippen molar-refractivity contribution < 1.29 is 0 Å². The van der Waals surface area contributed by atoms with E-state index in [1.807, 2.05) is 0 Å². The van der Waals surface area contributed by atoms with Crippen LogP contribution in [0.1, 0.15) is 40.2 Å². The summed E-state index contributed by atoms with van der Waals surface area (Å²) in [6.45, 7) is 2.71. The summed E-state index contributed by atoms with van der Waals surface area (Å²) in [6, 6.07) is 28.0. The molecule has 3 aromatic rings. The van der Waals surface area contributed by atoms with Crippen molar-refractivity contribution in [1.82, 2.24) is 0 Å². The molecule has 0 saturated carbocycles. The Kier molecular flexibility index (Phi) is 5.81. The number of hydrogen-bond donors (Lipinski definition) is 1. The first-order valence-electron chi connectivity index (χ1n) is 8.83. The van der Waals surface area contributed by atoms with E-state index in [0.29, 0.717) is 12.5 Å². The first kappa shape index (κ1) is 17.2. The summed E-state index contributed by atoms with van der Waals surface area (Å²) in [5.41, 5.74) is 12.1. The van der Waals surface area contributed by atoms with Gasteiger partial charge < -0.3 is 5.73 Å². The Balaban J connectivity index is 1.83. The third-order valence-electron chi connectivity index (χ3n) is 4.54. The van der Waals surface area contributed by atoms with E-state index in [9.17, 15) is 0 Å². The molecule has 0 spiro atoms. The summed E-state index contributed by atoms with van der Waals surface area (Å²) in [7, 11) is 0. The van der Waals surface area contributed by atoms with Crippen LogP contribution in [0.4, 0.5) is 0 Å². The van der Waals surface area contributed by atoms with Gasteiger partial charge in [-0.25, -0.2) is 0 Å². The molecule has 0 aromatic heterocycles. The quantitative estimate of drug-likeness (QED) is 0.618. The minimum atomic E-state index is 0.356. The average Bonchev–Trinajstić information content (AvgIpc) is 2.66. The highest BCUT2D eigenvalue weighted by molar-refractivity contribution is 5.50. The Morgan fingerprint density at radius 1 is 0.840 bits per heavy atom. The fourth-order valence-electron chi connectivity index (χ4n) is 3.15.